The molecule has 0 atom stereocenters. The summed E-state index contributed by atoms with van der Waals surface area (Å²) < 4.78 is 0. The molecular formula is C11H17N3. The van der Waals surface area contributed by atoms with Crippen LogP contribution in [0.3, 0.4) is 0 Å². The number of aryl methyl sites for hydroxylation is 1. The summed E-state index contributed by atoms with van der Waals surface area (Å²) in [6.45, 7) is 8.78. The summed E-state index contributed by atoms with van der Waals surface area (Å²) in [4.78, 5) is 11.0. The Morgan fingerprint density at radius 1 is 1.36 bits per heavy atom. The van der Waals surface area contributed by atoms with Gasteiger partial charge in [0.15, 0.2) is 0 Å². The smallest absolute Gasteiger partial charge is 0.147 e. The monoisotopic (exact) mass is 191 g/mol. The van der Waals surface area contributed by atoms with Crippen molar-refractivity contribution in [3.8, 4) is 0 Å². The Kier molecular flexibility index (Phi) is 2.17. The van der Waals surface area contributed by atoms with E-state index in [1.165, 1.54) is 6.42 Å². The third-order valence-electron chi connectivity index (χ3n) is 2.74. The normalized spacial score (nSPS) is 20.1. The van der Waals surface area contributed by atoms with Gasteiger partial charge in [0.05, 0.1) is 11.9 Å². The highest BCUT2D eigenvalue weighted by molar-refractivity contribution is 5.38. The van der Waals surface area contributed by atoms with Crippen LogP contribution in [0.2, 0.25) is 0 Å². The molecule has 0 amide bonds. The zero-order chi connectivity index (χ0) is 10.2. The van der Waals surface area contributed by atoms with Gasteiger partial charge in [0.1, 0.15) is 5.82 Å². The highest BCUT2D eigenvalue weighted by Crippen LogP contribution is 2.31. The van der Waals surface area contributed by atoms with Crippen LogP contribution in [0, 0.1) is 12.3 Å². The number of rotatable bonds is 1. The maximum absolute atomic E-state index is 4.48. The molecule has 3 nitrogen and oxygen atoms in total. The van der Waals surface area contributed by atoms with Crippen molar-refractivity contribution in [1.82, 2.24) is 9.97 Å². The van der Waals surface area contributed by atoms with Gasteiger partial charge in [-0.05, 0) is 18.8 Å². The van der Waals surface area contributed by atoms with Gasteiger partial charge in [0.2, 0.25) is 0 Å². The minimum absolute atomic E-state index is 0.422. The summed E-state index contributed by atoms with van der Waals surface area (Å²) in [7, 11) is 0. The van der Waals surface area contributed by atoms with Crippen LogP contribution >= 0.6 is 0 Å². The Morgan fingerprint density at radius 3 is 2.71 bits per heavy atom. The molecule has 0 spiro atoms. The molecule has 0 N–H and O–H groups in total. The van der Waals surface area contributed by atoms with E-state index in [1.807, 2.05) is 13.1 Å². The highest BCUT2D eigenvalue weighted by atomic mass is 15.2. The fourth-order valence-corrected chi connectivity index (χ4v) is 1.91. The Labute approximate surface area is 85.2 Å². The second-order valence-electron chi connectivity index (χ2n) is 4.85. The number of hydrogen-bond acceptors (Lipinski definition) is 3. The standard InChI is InChI=1S/C11H17N3/c1-9-6-12-7-10(13-9)14-5-4-11(2,3)8-14/h6-7H,4-5,8H2,1-3H3. The van der Waals surface area contributed by atoms with Gasteiger partial charge >= 0.3 is 0 Å². The fraction of sp³-hybridized carbons (Fsp3) is 0.636. The van der Waals surface area contributed by atoms with Crippen LogP contribution in [0.5, 0.6) is 0 Å². The molecule has 1 aromatic heterocycles. The summed E-state index contributed by atoms with van der Waals surface area (Å²) in [6, 6.07) is 0. The van der Waals surface area contributed by atoms with Crippen LogP contribution in [-0.4, -0.2) is 23.1 Å². The van der Waals surface area contributed by atoms with Gasteiger partial charge in [-0.15, -0.1) is 0 Å². The third kappa shape index (κ3) is 1.86. The highest BCUT2D eigenvalue weighted by Gasteiger charge is 2.29. The van der Waals surface area contributed by atoms with Gasteiger partial charge in [0.25, 0.3) is 0 Å². The molecule has 0 radical (unpaired) electrons. The average molecular weight is 191 g/mol. The van der Waals surface area contributed by atoms with Gasteiger partial charge in [-0.3, -0.25) is 4.98 Å². The maximum atomic E-state index is 4.48. The average Bonchev–Trinajstić information content (AvgIpc) is 2.46. The molecule has 1 aromatic rings. The Balaban J connectivity index is 2.17. The summed E-state index contributed by atoms with van der Waals surface area (Å²) in [6.07, 6.45) is 4.89. The summed E-state index contributed by atoms with van der Waals surface area (Å²) in [5.74, 6) is 1.02. The molecule has 1 fully saturated rings. The van der Waals surface area contributed by atoms with E-state index in [0.29, 0.717) is 5.41 Å². The van der Waals surface area contributed by atoms with E-state index in [0.717, 1.165) is 24.6 Å². The first kappa shape index (κ1) is 9.44. The molecule has 1 aliphatic rings. The number of hydrogen-bond donors (Lipinski definition) is 0. The molecule has 76 valence electrons. The lowest BCUT2D eigenvalue weighted by molar-refractivity contribution is 0.418. The van der Waals surface area contributed by atoms with E-state index in [1.54, 1.807) is 6.20 Å². The molecule has 0 bridgehead atoms. The van der Waals surface area contributed by atoms with Crippen LogP contribution in [0.15, 0.2) is 12.4 Å². The lowest BCUT2D eigenvalue weighted by Crippen LogP contribution is -2.23. The first-order valence-electron chi connectivity index (χ1n) is 5.10. The van der Waals surface area contributed by atoms with Crippen LogP contribution in [0.1, 0.15) is 26.0 Å². The third-order valence-corrected chi connectivity index (χ3v) is 2.74. The molecule has 2 heterocycles. The Bertz CT molecular complexity index is 333. The number of anilines is 1. The van der Waals surface area contributed by atoms with Gasteiger partial charge in [0, 0.05) is 19.3 Å². The van der Waals surface area contributed by atoms with E-state index < -0.39 is 0 Å². The van der Waals surface area contributed by atoms with Crippen molar-refractivity contribution in [3.63, 3.8) is 0 Å². The van der Waals surface area contributed by atoms with Crippen molar-refractivity contribution < 1.29 is 0 Å². The van der Waals surface area contributed by atoms with Gasteiger partial charge in [-0.2, -0.15) is 0 Å². The molecule has 0 saturated carbocycles. The molecule has 1 aliphatic heterocycles. The first-order valence-corrected chi connectivity index (χ1v) is 5.10. The van der Waals surface area contributed by atoms with Crippen LogP contribution < -0.4 is 4.90 Å². The molecule has 14 heavy (non-hydrogen) atoms. The minimum atomic E-state index is 0.422. The maximum Gasteiger partial charge on any atom is 0.147 e. The second kappa shape index (κ2) is 3.23. The zero-order valence-electron chi connectivity index (χ0n) is 9.12. The lowest BCUT2D eigenvalue weighted by atomic mass is 9.93. The topological polar surface area (TPSA) is 29.0 Å². The van der Waals surface area contributed by atoms with Crippen molar-refractivity contribution >= 4 is 5.82 Å². The van der Waals surface area contributed by atoms with Crippen molar-refractivity contribution in [3.05, 3.63) is 18.1 Å². The fourth-order valence-electron chi connectivity index (χ4n) is 1.91. The van der Waals surface area contributed by atoms with E-state index in [9.17, 15) is 0 Å². The van der Waals surface area contributed by atoms with Gasteiger partial charge in [-0.25, -0.2) is 4.98 Å². The lowest BCUT2D eigenvalue weighted by Gasteiger charge is -2.20. The van der Waals surface area contributed by atoms with E-state index >= 15 is 0 Å². The predicted molar refractivity (Wildman–Crippen MR) is 57.4 cm³/mol. The predicted octanol–water partition coefficient (Wildman–Crippen LogP) is 2.02. The Hall–Kier alpha value is -1.12. The van der Waals surface area contributed by atoms with Crippen molar-refractivity contribution in [1.29, 1.82) is 0 Å². The van der Waals surface area contributed by atoms with Gasteiger partial charge in [-0.1, -0.05) is 13.8 Å². The Morgan fingerprint density at radius 2 is 2.14 bits per heavy atom. The SMILES string of the molecule is Cc1cncc(N2CCC(C)(C)C2)n1. The molecule has 0 unspecified atom stereocenters. The van der Waals surface area contributed by atoms with Crippen LogP contribution in [0.4, 0.5) is 5.82 Å². The van der Waals surface area contributed by atoms with Crippen molar-refractivity contribution in [2.24, 2.45) is 5.41 Å². The molecule has 0 aliphatic carbocycles. The summed E-state index contributed by atoms with van der Waals surface area (Å²) in [5, 5.41) is 0. The van der Waals surface area contributed by atoms with E-state index in [-0.39, 0.29) is 0 Å². The summed E-state index contributed by atoms with van der Waals surface area (Å²) in [5.41, 5.74) is 1.41. The second-order valence-corrected chi connectivity index (χ2v) is 4.85. The van der Waals surface area contributed by atoms with Crippen molar-refractivity contribution in [2.75, 3.05) is 18.0 Å². The number of aromatic nitrogens is 2. The molecule has 0 aromatic carbocycles. The molecular weight excluding hydrogens is 174 g/mol. The first-order chi connectivity index (χ1) is 6.57. The van der Waals surface area contributed by atoms with Crippen LogP contribution in [0.25, 0.3) is 0 Å². The number of nitrogens with zero attached hydrogens (tertiary/aromatic N) is 3. The van der Waals surface area contributed by atoms with E-state index in [2.05, 4.69) is 28.7 Å². The van der Waals surface area contributed by atoms with E-state index in [4.69, 9.17) is 0 Å². The minimum Gasteiger partial charge on any atom is -0.355 e. The quantitative estimate of drug-likeness (QED) is 0.680. The molecule has 3 heteroatoms. The zero-order valence-corrected chi connectivity index (χ0v) is 9.12. The molecule has 2 rings (SSSR count). The largest absolute Gasteiger partial charge is 0.355 e. The molecule has 1 saturated heterocycles. The van der Waals surface area contributed by atoms with Gasteiger partial charge < -0.3 is 4.90 Å². The summed E-state index contributed by atoms with van der Waals surface area (Å²) >= 11 is 0. The van der Waals surface area contributed by atoms with Crippen molar-refractivity contribution in [2.45, 2.75) is 27.2 Å². The van der Waals surface area contributed by atoms with Crippen LogP contribution in [-0.2, 0) is 0 Å².